The second-order valence-electron chi connectivity index (χ2n) is 4.43. The minimum Gasteiger partial charge on any atom is -0.481 e. The Morgan fingerprint density at radius 3 is 2.56 bits per heavy atom. The first-order valence-electron chi connectivity index (χ1n) is 5.09. The summed E-state index contributed by atoms with van der Waals surface area (Å²) in [6.07, 6.45) is 2.28. The van der Waals surface area contributed by atoms with Crippen LogP contribution in [-0.2, 0) is 9.59 Å². The van der Waals surface area contributed by atoms with Crippen LogP contribution in [0.1, 0.15) is 13.3 Å². The molecule has 3 N–H and O–H groups in total. The van der Waals surface area contributed by atoms with E-state index >= 15 is 0 Å². The molecule has 0 radical (unpaired) electrons. The van der Waals surface area contributed by atoms with Gasteiger partial charge in [0.15, 0.2) is 0 Å². The fourth-order valence-corrected chi connectivity index (χ4v) is 2.25. The molecular formula is C10H17NO4S. The third-order valence-electron chi connectivity index (χ3n) is 2.54. The van der Waals surface area contributed by atoms with Crippen LogP contribution in [0.2, 0.25) is 0 Å². The molecule has 1 amide bonds. The first kappa shape index (κ1) is 13.3. The zero-order valence-corrected chi connectivity index (χ0v) is 10.2. The van der Waals surface area contributed by atoms with Crippen molar-refractivity contribution < 1.29 is 19.8 Å². The van der Waals surface area contributed by atoms with Gasteiger partial charge in [-0.3, -0.25) is 9.59 Å². The summed E-state index contributed by atoms with van der Waals surface area (Å²) in [6, 6.07) is 0. The van der Waals surface area contributed by atoms with E-state index in [0.29, 0.717) is 12.2 Å². The molecule has 0 aromatic rings. The Kier molecular flexibility index (Phi) is 4.21. The van der Waals surface area contributed by atoms with E-state index in [1.165, 1.54) is 11.8 Å². The summed E-state index contributed by atoms with van der Waals surface area (Å²) < 4.78 is 0. The van der Waals surface area contributed by atoms with E-state index in [9.17, 15) is 14.7 Å². The topological polar surface area (TPSA) is 86.6 Å². The molecule has 0 saturated heterocycles. The summed E-state index contributed by atoms with van der Waals surface area (Å²) in [5.41, 5.74) is -0.942. The van der Waals surface area contributed by atoms with E-state index in [-0.39, 0.29) is 12.5 Å². The smallest absolute Gasteiger partial charge is 0.307 e. The first-order chi connectivity index (χ1) is 7.37. The number of hydrogen-bond donors (Lipinski definition) is 3. The van der Waals surface area contributed by atoms with Crippen molar-refractivity contribution in [3.8, 4) is 0 Å². The fraction of sp³-hybridized carbons (Fsp3) is 0.800. The van der Waals surface area contributed by atoms with Crippen molar-refractivity contribution in [3.63, 3.8) is 0 Å². The molecule has 0 aliphatic heterocycles. The molecule has 6 heteroatoms. The molecular weight excluding hydrogens is 230 g/mol. The molecule has 92 valence electrons. The second kappa shape index (κ2) is 5.05. The van der Waals surface area contributed by atoms with E-state index < -0.39 is 23.4 Å². The minimum atomic E-state index is -0.942. The Morgan fingerprint density at radius 2 is 2.12 bits per heavy atom. The van der Waals surface area contributed by atoms with E-state index in [0.717, 1.165) is 0 Å². The molecule has 0 heterocycles. The highest BCUT2D eigenvalue weighted by Gasteiger charge is 2.48. The molecule has 0 spiro atoms. The third-order valence-corrected chi connectivity index (χ3v) is 3.45. The zero-order chi connectivity index (χ0) is 12.3. The van der Waals surface area contributed by atoms with Crippen LogP contribution in [0.15, 0.2) is 0 Å². The molecule has 0 bridgehead atoms. The number of carboxylic acids is 1. The molecule has 3 atom stereocenters. The van der Waals surface area contributed by atoms with Gasteiger partial charge in [-0.25, -0.2) is 0 Å². The molecule has 1 rings (SSSR count). The summed E-state index contributed by atoms with van der Waals surface area (Å²) >= 11 is 1.49. The van der Waals surface area contributed by atoms with Crippen molar-refractivity contribution in [2.24, 2.45) is 11.8 Å². The molecule has 1 fully saturated rings. The lowest BCUT2D eigenvalue weighted by molar-refractivity contribution is -0.140. The average Bonchev–Trinajstić information content (AvgIpc) is 2.93. The van der Waals surface area contributed by atoms with Gasteiger partial charge in [0.1, 0.15) is 0 Å². The van der Waals surface area contributed by atoms with Crippen LogP contribution >= 0.6 is 11.8 Å². The van der Waals surface area contributed by atoms with Crippen LogP contribution in [0.5, 0.6) is 0 Å². The lowest BCUT2D eigenvalue weighted by atomic mass is 10.1. The summed E-state index contributed by atoms with van der Waals surface area (Å²) in [5.74, 6) is -1.61. The lowest BCUT2D eigenvalue weighted by Crippen LogP contribution is -2.43. The number of rotatable bonds is 6. The zero-order valence-electron chi connectivity index (χ0n) is 9.40. The largest absolute Gasteiger partial charge is 0.481 e. The molecule has 1 saturated carbocycles. The lowest BCUT2D eigenvalue weighted by Gasteiger charge is -2.22. The monoisotopic (exact) mass is 247 g/mol. The Morgan fingerprint density at radius 1 is 1.50 bits per heavy atom. The van der Waals surface area contributed by atoms with Gasteiger partial charge >= 0.3 is 5.97 Å². The number of thioether (sulfide) groups is 1. The quantitative estimate of drug-likeness (QED) is 0.612. The van der Waals surface area contributed by atoms with Crippen LogP contribution in [0, 0.1) is 11.8 Å². The van der Waals surface area contributed by atoms with E-state index in [1.54, 1.807) is 6.92 Å². The van der Waals surface area contributed by atoms with Gasteiger partial charge in [-0.15, -0.1) is 0 Å². The van der Waals surface area contributed by atoms with Gasteiger partial charge in [0, 0.05) is 12.3 Å². The maximum Gasteiger partial charge on any atom is 0.307 e. The minimum absolute atomic E-state index is 0.162. The normalized spacial score (nSPS) is 26.9. The summed E-state index contributed by atoms with van der Waals surface area (Å²) in [4.78, 5) is 22.0. The Hall–Kier alpha value is -0.750. The van der Waals surface area contributed by atoms with Crippen molar-refractivity contribution in [1.82, 2.24) is 5.32 Å². The van der Waals surface area contributed by atoms with Gasteiger partial charge in [-0.1, -0.05) is 0 Å². The van der Waals surface area contributed by atoms with Gasteiger partial charge in [0.2, 0.25) is 5.91 Å². The molecule has 1 aliphatic carbocycles. The Balaban J connectivity index is 2.29. The SMILES string of the molecule is CSCC(C)(O)CNC(=O)C1CC1C(=O)O. The summed E-state index contributed by atoms with van der Waals surface area (Å²) in [7, 11) is 0. The van der Waals surface area contributed by atoms with Crippen molar-refractivity contribution >= 4 is 23.6 Å². The second-order valence-corrected chi connectivity index (χ2v) is 5.30. The number of amides is 1. The van der Waals surface area contributed by atoms with E-state index in [4.69, 9.17) is 5.11 Å². The van der Waals surface area contributed by atoms with Crippen LogP contribution in [-0.4, -0.2) is 46.2 Å². The number of carbonyl (C=O) groups excluding carboxylic acids is 1. The number of carboxylic acid groups (broad SMARTS) is 1. The molecule has 0 aromatic carbocycles. The van der Waals surface area contributed by atoms with E-state index in [1.807, 2.05) is 6.26 Å². The van der Waals surface area contributed by atoms with Crippen LogP contribution < -0.4 is 5.32 Å². The fourth-order valence-electron chi connectivity index (χ4n) is 1.53. The van der Waals surface area contributed by atoms with Crippen molar-refractivity contribution in [1.29, 1.82) is 0 Å². The number of aliphatic carboxylic acids is 1. The van der Waals surface area contributed by atoms with Gasteiger partial charge in [0.05, 0.1) is 17.4 Å². The highest BCUT2D eigenvalue weighted by atomic mass is 32.2. The van der Waals surface area contributed by atoms with Gasteiger partial charge in [0.25, 0.3) is 0 Å². The summed E-state index contributed by atoms with van der Waals surface area (Å²) in [6.45, 7) is 1.81. The number of nitrogens with one attached hydrogen (secondary N) is 1. The van der Waals surface area contributed by atoms with Crippen molar-refractivity contribution in [2.45, 2.75) is 18.9 Å². The first-order valence-corrected chi connectivity index (χ1v) is 6.48. The van der Waals surface area contributed by atoms with Gasteiger partial charge < -0.3 is 15.5 Å². The molecule has 16 heavy (non-hydrogen) atoms. The van der Waals surface area contributed by atoms with Crippen LogP contribution in [0.25, 0.3) is 0 Å². The number of carbonyl (C=O) groups is 2. The van der Waals surface area contributed by atoms with E-state index in [2.05, 4.69) is 5.32 Å². The van der Waals surface area contributed by atoms with Crippen molar-refractivity contribution in [2.75, 3.05) is 18.6 Å². The highest BCUT2D eigenvalue weighted by Crippen LogP contribution is 2.38. The van der Waals surface area contributed by atoms with Crippen molar-refractivity contribution in [3.05, 3.63) is 0 Å². The standard InChI is InChI=1S/C10H17NO4S/c1-10(15,5-16-2)4-11-8(12)6-3-7(6)9(13)14/h6-7,15H,3-5H2,1-2H3,(H,11,12)(H,13,14). The molecule has 5 nitrogen and oxygen atoms in total. The number of hydrogen-bond acceptors (Lipinski definition) is 4. The molecule has 0 aromatic heterocycles. The molecule has 1 aliphatic rings. The predicted octanol–water partition coefficient (Wildman–Crippen LogP) is -0.0627. The summed E-state index contributed by atoms with van der Waals surface area (Å²) in [5, 5.41) is 21.0. The van der Waals surface area contributed by atoms with Gasteiger partial charge in [-0.2, -0.15) is 11.8 Å². The van der Waals surface area contributed by atoms with Gasteiger partial charge in [-0.05, 0) is 19.6 Å². The predicted molar refractivity (Wildman–Crippen MR) is 61.2 cm³/mol. The highest BCUT2D eigenvalue weighted by molar-refractivity contribution is 7.98. The Labute approximate surface area is 98.6 Å². The molecule has 3 unspecified atom stereocenters. The maximum absolute atomic E-state index is 11.5. The Bertz CT molecular complexity index is 293. The third kappa shape index (κ3) is 3.68. The van der Waals surface area contributed by atoms with Crippen LogP contribution in [0.3, 0.4) is 0 Å². The number of aliphatic hydroxyl groups is 1. The average molecular weight is 247 g/mol. The van der Waals surface area contributed by atoms with Crippen LogP contribution in [0.4, 0.5) is 0 Å². The maximum atomic E-state index is 11.5.